The van der Waals surface area contributed by atoms with Crippen molar-refractivity contribution in [2.45, 2.75) is 20.5 Å². The third kappa shape index (κ3) is 3.99. The summed E-state index contributed by atoms with van der Waals surface area (Å²) in [5.74, 6) is 0. The number of rotatable bonds is 4. The Morgan fingerprint density at radius 2 is 2.13 bits per heavy atom. The fourth-order valence-corrected chi connectivity index (χ4v) is 1.11. The molecule has 1 aromatic carbocycles. The molecule has 0 unspecified atom stereocenters. The summed E-state index contributed by atoms with van der Waals surface area (Å²) in [7, 11) is 0. The first-order valence-corrected chi connectivity index (χ1v) is 4.83. The van der Waals surface area contributed by atoms with E-state index in [1.807, 2.05) is 31.2 Å². The van der Waals surface area contributed by atoms with E-state index in [0.29, 0.717) is 13.2 Å². The largest absolute Gasteiger partial charge is 0.448 e. The molecule has 1 amide bonds. The minimum atomic E-state index is -0.564. The van der Waals surface area contributed by atoms with Crippen molar-refractivity contribution in [2.75, 3.05) is 6.61 Å². The molecule has 4 nitrogen and oxygen atoms in total. The van der Waals surface area contributed by atoms with Crippen LogP contribution in [0.2, 0.25) is 0 Å². The van der Waals surface area contributed by atoms with Gasteiger partial charge in [0.05, 0.1) is 6.61 Å². The number of hydrogen-bond acceptors (Lipinski definition) is 3. The van der Waals surface area contributed by atoms with E-state index in [-0.39, 0.29) is 0 Å². The Hall–Kier alpha value is -1.55. The average molecular weight is 209 g/mol. The fraction of sp³-hybridized carbons (Fsp3) is 0.364. The van der Waals surface area contributed by atoms with Gasteiger partial charge < -0.3 is 4.74 Å². The van der Waals surface area contributed by atoms with Gasteiger partial charge in [0.15, 0.2) is 0 Å². The van der Waals surface area contributed by atoms with Crippen LogP contribution in [0.5, 0.6) is 0 Å². The maximum Gasteiger partial charge on any atom is 0.431 e. The van der Waals surface area contributed by atoms with Crippen LogP contribution in [0.1, 0.15) is 18.1 Å². The third-order valence-corrected chi connectivity index (χ3v) is 1.92. The molecule has 1 aromatic rings. The van der Waals surface area contributed by atoms with Gasteiger partial charge in [-0.1, -0.05) is 24.3 Å². The number of ether oxygens (including phenoxy) is 1. The second-order valence-electron chi connectivity index (χ2n) is 3.04. The molecule has 4 heteroatoms. The molecule has 1 N–H and O–H groups in total. The summed E-state index contributed by atoms with van der Waals surface area (Å²) in [4.78, 5) is 15.9. The van der Waals surface area contributed by atoms with Gasteiger partial charge in [0.25, 0.3) is 0 Å². The normalized spacial score (nSPS) is 9.73. The second-order valence-corrected chi connectivity index (χ2v) is 3.04. The molecular formula is C11H15NO3. The van der Waals surface area contributed by atoms with Gasteiger partial charge in [0.2, 0.25) is 0 Å². The Morgan fingerprint density at radius 1 is 1.40 bits per heavy atom. The standard InChI is InChI=1S/C11H15NO3/c1-3-14-11(13)12-15-8-10-7-5-4-6-9(10)2/h4-7H,3,8H2,1-2H3,(H,12,13). The number of hydrogen-bond donors (Lipinski definition) is 1. The molecule has 0 aliphatic heterocycles. The van der Waals surface area contributed by atoms with Gasteiger partial charge in [-0.3, -0.25) is 4.84 Å². The summed E-state index contributed by atoms with van der Waals surface area (Å²) >= 11 is 0. The SMILES string of the molecule is CCOC(=O)NOCc1ccccc1C. The average Bonchev–Trinajstić information content (AvgIpc) is 2.21. The van der Waals surface area contributed by atoms with Gasteiger partial charge in [-0.25, -0.2) is 4.79 Å². The van der Waals surface area contributed by atoms with Crippen molar-refractivity contribution in [1.29, 1.82) is 0 Å². The van der Waals surface area contributed by atoms with E-state index in [1.165, 1.54) is 0 Å². The van der Waals surface area contributed by atoms with E-state index in [4.69, 9.17) is 4.84 Å². The second kappa shape index (κ2) is 6.03. The monoisotopic (exact) mass is 209 g/mol. The molecule has 0 bridgehead atoms. The van der Waals surface area contributed by atoms with Gasteiger partial charge in [0, 0.05) is 0 Å². The van der Waals surface area contributed by atoms with Crippen molar-refractivity contribution in [3.8, 4) is 0 Å². The van der Waals surface area contributed by atoms with E-state index in [9.17, 15) is 4.79 Å². The predicted molar refractivity (Wildman–Crippen MR) is 56.1 cm³/mol. The van der Waals surface area contributed by atoms with E-state index in [0.717, 1.165) is 11.1 Å². The molecule has 0 aliphatic rings. The number of aryl methyl sites for hydroxylation is 1. The van der Waals surface area contributed by atoms with Crippen LogP contribution in [0, 0.1) is 6.92 Å². The molecule has 82 valence electrons. The molecule has 1 rings (SSSR count). The number of carbonyl (C=O) groups is 1. The highest BCUT2D eigenvalue weighted by molar-refractivity contribution is 5.65. The maximum absolute atomic E-state index is 10.9. The van der Waals surface area contributed by atoms with Crippen molar-refractivity contribution in [2.24, 2.45) is 0 Å². The smallest absolute Gasteiger partial charge is 0.431 e. The maximum atomic E-state index is 10.9. The molecule has 0 heterocycles. The lowest BCUT2D eigenvalue weighted by atomic mass is 10.1. The first-order valence-electron chi connectivity index (χ1n) is 4.83. The Balaban J connectivity index is 2.32. The lowest BCUT2D eigenvalue weighted by Crippen LogP contribution is -2.24. The summed E-state index contributed by atoms with van der Waals surface area (Å²) in [6.07, 6.45) is -0.564. The number of carbonyl (C=O) groups excluding carboxylic acids is 1. The van der Waals surface area contributed by atoms with Crippen LogP contribution in [-0.2, 0) is 16.2 Å². The van der Waals surface area contributed by atoms with Gasteiger partial charge in [0.1, 0.15) is 6.61 Å². The highest BCUT2D eigenvalue weighted by Gasteiger charge is 2.01. The number of amides is 1. The summed E-state index contributed by atoms with van der Waals surface area (Å²) in [5, 5.41) is 0. The highest BCUT2D eigenvalue weighted by Crippen LogP contribution is 2.07. The summed E-state index contributed by atoms with van der Waals surface area (Å²) in [5.41, 5.74) is 4.36. The van der Waals surface area contributed by atoms with Crippen LogP contribution in [0.3, 0.4) is 0 Å². The van der Waals surface area contributed by atoms with Gasteiger partial charge in [-0.05, 0) is 25.0 Å². The Morgan fingerprint density at radius 3 is 2.80 bits per heavy atom. The molecule has 0 aromatic heterocycles. The lowest BCUT2D eigenvalue weighted by molar-refractivity contribution is 0.0197. The fourth-order valence-electron chi connectivity index (χ4n) is 1.11. The van der Waals surface area contributed by atoms with Crippen LogP contribution in [0.4, 0.5) is 4.79 Å². The molecule has 0 atom stereocenters. The zero-order chi connectivity index (χ0) is 11.1. The zero-order valence-electron chi connectivity index (χ0n) is 8.95. The lowest BCUT2D eigenvalue weighted by Gasteiger charge is -2.07. The van der Waals surface area contributed by atoms with Crippen LogP contribution < -0.4 is 5.48 Å². The number of hydroxylamine groups is 1. The van der Waals surface area contributed by atoms with Crippen LogP contribution in [-0.4, -0.2) is 12.7 Å². The van der Waals surface area contributed by atoms with E-state index < -0.39 is 6.09 Å². The Labute approximate surface area is 89.1 Å². The van der Waals surface area contributed by atoms with E-state index in [2.05, 4.69) is 10.2 Å². The first-order chi connectivity index (χ1) is 7.24. The number of nitrogens with one attached hydrogen (secondary N) is 1. The van der Waals surface area contributed by atoms with Gasteiger partial charge in [-0.15, -0.1) is 0 Å². The predicted octanol–water partition coefficient (Wildman–Crippen LogP) is 2.17. The topological polar surface area (TPSA) is 47.6 Å². The molecule has 0 aliphatic carbocycles. The molecule has 0 fully saturated rings. The van der Waals surface area contributed by atoms with Gasteiger partial charge in [-0.2, -0.15) is 5.48 Å². The molecule has 15 heavy (non-hydrogen) atoms. The van der Waals surface area contributed by atoms with Crippen molar-refractivity contribution >= 4 is 6.09 Å². The van der Waals surface area contributed by atoms with Crippen molar-refractivity contribution < 1.29 is 14.4 Å². The minimum absolute atomic E-state index is 0.333. The Kier molecular flexibility index (Phi) is 4.63. The molecule has 0 radical (unpaired) electrons. The van der Waals surface area contributed by atoms with Crippen LogP contribution >= 0.6 is 0 Å². The molecular weight excluding hydrogens is 194 g/mol. The summed E-state index contributed by atoms with van der Waals surface area (Å²) < 4.78 is 4.64. The van der Waals surface area contributed by atoms with Crippen molar-refractivity contribution in [3.63, 3.8) is 0 Å². The molecule has 0 spiro atoms. The number of benzene rings is 1. The molecule has 0 saturated carbocycles. The van der Waals surface area contributed by atoms with Crippen molar-refractivity contribution in [1.82, 2.24) is 5.48 Å². The van der Waals surface area contributed by atoms with E-state index in [1.54, 1.807) is 6.92 Å². The quantitative estimate of drug-likeness (QED) is 0.773. The zero-order valence-corrected chi connectivity index (χ0v) is 8.95. The van der Waals surface area contributed by atoms with Crippen LogP contribution in [0.25, 0.3) is 0 Å². The van der Waals surface area contributed by atoms with E-state index >= 15 is 0 Å². The minimum Gasteiger partial charge on any atom is -0.448 e. The summed E-state index contributed by atoms with van der Waals surface area (Å²) in [6, 6.07) is 7.82. The highest BCUT2D eigenvalue weighted by atomic mass is 16.7. The Bertz CT molecular complexity index is 325. The van der Waals surface area contributed by atoms with Crippen molar-refractivity contribution in [3.05, 3.63) is 35.4 Å². The van der Waals surface area contributed by atoms with Gasteiger partial charge >= 0.3 is 6.09 Å². The van der Waals surface area contributed by atoms with Crippen LogP contribution in [0.15, 0.2) is 24.3 Å². The third-order valence-electron chi connectivity index (χ3n) is 1.92. The first kappa shape index (κ1) is 11.5. The molecule has 0 saturated heterocycles. The summed E-state index contributed by atoms with van der Waals surface area (Å²) in [6.45, 7) is 4.40.